The molecule has 0 aromatic heterocycles. The Labute approximate surface area is 165 Å². The SMILES string of the molecule is COc1ccc([C@H]2NC(=O)NC(C)=C2C(=O)Nc2ccc(F)c(F)c2)cc1OC. The first-order valence-electron chi connectivity index (χ1n) is 8.60. The van der Waals surface area contributed by atoms with Crippen LogP contribution < -0.4 is 25.4 Å². The summed E-state index contributed by atoms with van der Waals surface area (Å²) in [6, 6.07) is 6.75. The summed E-state index contributed by atoms with van der Waals surface area (Å²) in [6.07, 6.45) is 0. The van der Waals surface area contributed by atoms with E-state index >= 15 is 0 Å². The summed E-state index contributed by atoms with van der Waals surface area (Å²) in [7, 11) is 2.97. The molecule has 2 aromatic carbocycles. The highest BCUT2D eigenvalue weighted by atomic mass is 19.2. The first-order chi connectivity index (χ1) is 13.8. The number of carbonyl (C=O) groups excluding carboxylic acids is 2. The molecule has 1 atom stereocenters. The maximum Gasteiger partial charge on any atom is 0.319 e. The zero-order chi connectivity index (χ0) is 21.1. The van der Waals surface area contributed by atoms with Crippen molar-refractivity contribution in [1.82, 2.24) is 10.6 Å². The summed E-state index contributed by atoms with van der Waals surface area (Å²) in [5, 5.41) is 7.76. The quantitative estimate of drug-likeness (QED) is 0.715. The Bertz CT molecular complexity index is 1010. The van der Waals surface area contributed by atoms with Gasteiger partial charge in [0.2, 0.25) is 0 Å². The number of urea groups is 1. The molecule has 1 aliphatic heterocycles. The molecule has 0 spiro atoms. The van der Waals surface area contributed by atoms with Crippen molar-refractivity contribution in [3.05, 3.63) is 64.9 Å². The van der Waals surface area contributed by atoms with Gasteiger partial charge < -0.3 is 25.4 Å². The highest BCUT2D eigenvalue weighted by molar-refractivity contribution is 6.06. The molecule has 0 saturated heterocycles. The summed E-state index contributed by atoms with van der Waals surface area (Å²) in [5.74, 6) is -1.77. The largest absolute Gasteiger partial charge is 0.493 e. The number of hydrogen-bond donors (Lipinski definition) is 3. The molecule has 2 aromatic rings. The van der Waals surface area contributed by atoms with Crippen LogP contribution in [0.2, 0.25) is 0 Å². The van der Waals surface area contributed by atoms with Gasteiger partial charge in [0.1, 0.15) is 0 Å². The smallest absolute Gasteiger partial charge is 0.319 e. The predicted octanol–water partition coefficient (Wildman–Crippen LogP) is 3.25. The summed E-state index contributed by atoms with van der Waals surface area (Å²) in [5.41, 5.74) is 1.19. The summed E-state index contributed by atoms with van der Waals surface area (Å²) in [6.45, 7) is 1.58. The second-order valence-corrected chi connectivity index (χ2v) is 6.27. The molecule has 3 N–H and O–H groups in total. The highest BCUT2D eigenvalue weighted by Gasteiger charge is 2.32. The molecule has 7 nitrogen and oxygen atoms in total. The average molecular weight is 403 g/mol. The third kappa shape index (κ3) is 4.13. The van der Waals surface area contributed by atoms with E-state index in [1.165, 1.54) is 20.3 Å². The van der Waals surface area contributed by atoms with E-state index in [-0.39, 0.29) is 11.3 Å². The predicted molar refractivity (Wildman–Crippen MR) is 102 cm³/mol. The maximum absolute atomic E-state index is 13.5. The number of nitrogens with one attached hydrogen (secondary N) is 3. The van der Waals surface area contributed by atoms with E-state index in [0.717, 1.165) is 12.1 Å². The van der Waals surface area contributed by atoms with E-state index in [1.54, 1.807) is 25.1 Å². The number of rotatable bonds is 5. The Morgan fingerprint density at radius 3 is 2.41 bits per heavy atom. The molecule has 0 bridgehead atoms. The molecular weight excluding hydrogens is 384 g/mol. The molecule has 1 heterocycles. The summed E-state index contributed by atoms with van der Waals surface area (Å²) >= 11 is 0. The fourth-order valence-corrected chi connectivity index (χ4v) is 3.05. The van der Waals surface area contributed by atoms with Gasteiger partial charge in [0.05, 0.1) is 25.8 Å². The lowest BCUT2D eigenvalue weighted by Crippen LogP contribution is -2.46. The van der Waals surface area contributed by atoms with Crippen LogP contribution in [-0.4, -0.2) is 26.2 Å². The Morgan fingerprint density at radius 1 is 1.03 bits per heavy atom. The van der Waals surface area contributed by atoms with E-state index in [0.29, 0.717) is 22.8 Å². The number of methoxy groups -OCH3 is 2. The maximum atomic E-state index is 13.5. The molecular formula is C20H19F2N3O4. The van der Waals surface area contributed by atoms with Gasteiger partial charge >= 0.3 is 6.03 Å². The minimum atomic E-state index is -1.08. The number of benzene rings is 2. The van der Waals surface area contributed by atoms with Crippen molar-refractivity contribution in [3.8, 4) is 11.5 Å². The lowest BCUT2D eigenvalue weighted by Gasteiger charge is -2.29. The Morgan fingerprint density at radius 2 is 1.76 bits per heavy atom. The Hall–Kier alpha value is -3.62. The number of anilines is 1. The number of carbonyl (C=O) groups is 2. The molecule has 29 heavy (non-hydrogen) atoms. The minimum absolute atomic E-state index is 0.0807. The molecule has 9 heteroatoms. The first-order valence-corrected chi connectivity index (χ1v) is 8.60. The van der Waals surface area contributed by atoms with Gasteiger partial charge in [0.25, 0.3) is 5.91 Å². The van der Waals surface area contributed by atoms with Crippen LogP contribution in [0.1, 0.15) is 18.5 Å². The van der Waals surface area contributed by atoms with Crippen molar-refractivity contribution in [1.29, 1.82) is 0 Å². The van der Waals surface area contributed by atoms with Crippen LogP contribution in [0.4, 0.5) is 19.3 Å². The molecule has 0 saturated carbocycles. The van der Waals surface area contributed by atoms with Crippen LogP contribution in [-0.2, 0) is 4.79 Å². The molecule has 0 radical (unpaired) electrons. The summed E-state index contributed by atoms with van der Waals surface area (Å²) < 4.78 is 37.1. The Kier molecular flexibility index (Phi) is 5.67. The zero-order valence-corrected chi connectivity index (χ0v) is 15.9. The number of ether oxygens (including phenoxy) is 2. The second kappa shape index (κ2) is 8.17. The number of halogens is 2. The average Bonchev–Trinajstić information content (AvgIpc) is 2.69. The van der Waals surface area contributed by atoms with Crippen LogP contribution in [0, 0.1) is 11.6 Å². The van der Waals surface area contributed by atoms with Gasteiger partial charge in [0, 0.05) is 17.5 Å². The molecule has 3 rings (SSSR count). The number of allylic oxidation sites excluding steroid dienone is 1. The first kappa shape index (κ1) is 20.1. The lowest BCUT2D eigenvalue weighted by molar-refractivity contribution is -0.113. The summed E-state index contributed by atoms with van der Waals surface area (Å²) in [4.78, 5) is 24.9. The fraction of sp³-hybridized carbons (Fsp3) is 0.200. The standard InChI is InChI=1S/C20H19F2N3O4/c1-10-17(19(26)24-12-5-6-13(21)14(22)9-12)18(25-20(27)23-10)11-4-7-15(28-2)16(8-11)29-3/h4-9,18H,1-3H3,(H,24,26)(H2,23,25,27)/t18-/m1/s1. The van der Waals surface area contributed by atoms with E-state index in [2.05, 4.69) is 16.0 Å². The highest BCUT2D eigenvalue weighted by Crippen LogP contribution is 2.34. The monoisotopic (exact) mass is 403 g/mol. The van der Waals surface area contributed by atoms with Crippen molar-refractivity contribution in [2.24, 2.45) is 0 Å². The van der Waals surface area contributed by atoms with Crippen LogP contribution in [0.5, 0.6) is 11.5 Å². The van der Waals surface area contributed by atoms with Crippen molar-refractivity contribution in [3.63, 3.8) is 0 Å². The lowest BCUT2D eigenvalue weighted by atomic mass is 9.94. The van der Waals surface area contributed by atoms with Gasteiger partial charge in [0.15, 0.2) is 23.1 Å². The number of hydrogen-bond acceptors (Lipinski definition) is 4. The van der Waals surface area contributed by atoms with Crippen LogP contribution in [0.25, 0.3) is 0 Å². The van der Waals surface area contributed by atoms with Gasteiger partial charge in [-0.05, 0) is 36.8 Å². The van der Waals surface area contributed by atoms with Gasteiger partial charge in [-0.3, -0.25) is 4.79 Å². The van der Waals surface area contributed by atoms with Crippen molar-refractivity contribution < 1.29 is 27.8 Å². The van der Waals surface area contributed by atoms with E-state index < -0.39 is 29.6 Å². The van der Waals surface area contributed by atoms with E-state index in [9.17, 15) is 18.4 Å². The number of amides is 3. The third-order valence-corrected chi connectivity index (χ3v) is 4.43. The van der Waals surface area contributed by atoms with Gasteiger partial charge in [-0.1, -0.05) is 6.07 Å². The van der Waals surface area contributed by atoms with Crippen LogP contribution >= 0.6 is 0 Å². The normalized spacial score (nSPS) is 16.0. The molecule has 0 unspecified atom stereocenters. The van der Waals surface area contributed by atoms with E-state index in [4.69, 9.17) is 9.47 Å². The van der Waals surface area contributed by atoms with Crippen LogP contribution in [0.3, 0.4) is 0 Å². The topological polar surface area (TPSA) is 88.7 Å². The fourth-order valence-electron chi connectivity index (χ4n) is 3.05. The van der Waals surface area contributed by atoms with Gasteiger partial charge in [-0.15, -0.1) is 0 Å². The molecule has 0 fully saturated rings. The second-order valence-electron chi connectivity index (χ2n) is 6.27. The Balaban J connectivity index is 1.97. The van der Waals surface area contributed by atoms with E-state index in [1.807, 2.05) is 0 Å². The molecule has 0 aliphatic carbocycles. The van der Waals surface area contributed by atoms with Gasteiger partial charge in [-0.25, -0.2) is 13.6 Å². The molecule has 1 aliphatic rings. The van der Waals surface area contributed by atoms with Crippen molar-refractivity contribution in [2.45, 2.75) is 13.0 Å². The van der Waals surface area contributed by atoms with Gasteiger partial charge in [-0.2, -0.15) is 0 Å². The zero-order valence-electron chi connectivity index (χ0n) is 15.9. The van der Waals surface area contributed by atoms with Crippen molar-refractivity contribution in [2.75, 3.05) is 19.5 Å². The molecule has 3 amide bonds. The minimum Gasteiger partial charge on any atom is -0.493 e. The molecule has 152 valence electrons. The van der Waals surface area contributed by atoms with Crippen molar-refractivity contribution >= 4 is 17.6 Å². The van der Waals surface area contributed by atoms with Crippen LogP contribution in [0.15, 0.2) is 47.7 Å². The third-order valence-electron chi connectivity index (χ3n) is 4.43.